The number of carbonyl (C=O) groups is 1. The molecule has 0 aromatic heterocycles. The fourth-order valence-corrected chi connectivity index (χ4v) is 3.78. The monoisotopic (exact) mass is 333 g/mol. The van der Waals surface area contributed by atoms with Crippen molar-refractivity contribution in [3.05, 3.63) is 35.6 Å². The van der Waals surface area contributed by atoms with Gasteiger partial charge in [-0.15, -0.1) is 0 Å². The van der Waals surface area contributed by atoms with Gasteiger partial charge in [0.25, 0.3) is 0 Å². The van der Waals surface area contributed by atoms with E-state index in [1.165, 1.54) is 31.9 Å². The molecule has 3 rings (SSSR count). The smallest absolute Gasteiger partial charge is 0.221 e. The predicted octanol–water partition coefficient (Wildman–Crippen LogP) is 2.39. The fraction of sp³-hybridized carbons (Fsp3) is 0.632. The molecule has 0 bridgehead atoms. The Bertz CT molecular complexity index is 559. The molecule has 0 saturated carbocycles. The van der Waals surface area contributed by atoms with Gasteiger partial charge in [-0.2, -0.15) is 0 Å². The molecule has 4 nitrogen and oxygen atoms in total. The highest BCUT2D eigenvalue weighted by Gasteiger charge is 2.34. The number of nitrogens with zero attached hydrogens (tertiary/aromatic N) is 2. The van der Waals surface area contributed by atoms with E-state index in [1.807, 2.05) is 0 Å². The summed E-state index contributed by atoms with van der Waals surface area (Å²) in [5.74, 6) is -0.271. The molecule has 132 valence electrons. The topological polar surface area (TPSA) is 35.6 Å². The number of hydrogen-bond donors (Lipinski definition) is 1. The first-order chi connectivity index (χ1) is 11.6. The summed E-state index contributed by atoms with van der Waals surface area (Å²) in [6.45, 7) is 6.76. The van der Waals surface area contributed by atoms with Gasteiger partial charge < -0.3 is 5.32 Å². The Morgan fingerprint density at radius 2 is 2.08 bits per heavy atom. The van der Waals surface area contributed by atoms with Gasteiger partial charge in [0.05, 0.1) is 0 Å². The molecule has 2 saturated heterocycles. The summed E-state index contributed by atoms with van der Waals surface area (Å²) in [5.41, 5.74) is 0.536. The molecule has 0 aliphatic carbocycles. The number of halogens is 1. The van der Waals surface area contributed by atoms with Crippen LogP contribution in [0.4, 0.5) is 4.39 Å². The Hall–Kier alpha value is -1.46. The summed E-state index contributed by atoms with van der Waals surface area (Å²) in [7, 11) is 0. The largest absolute Gasteiger partial charge is 0.352 e. The zero-order valence-corrected chi connectivity index (χ0v) is 14.5. The lowest BCUT2D eigenvalue weighted by atomic mass is 9.97. The number of carbonyl (C=O) groups excluding carboxylic acids is 1. The highest BCUT2D eigenvalue weighted by Crippen LogP contribution is 2.24. The van der Waals surface area contributed by atoms with E-state index in [-0.39, 0.29) is 18.3 Å². The number of benzene rings is 1. The van der Waals surface area contributed by atoms with Crippen molar-refractivity contribution in [1.29, 1.82) is 0 Å². The molecule has 2 aliphatic heterocycles. The van der Waals surface area contributed by atoms with Crippen molar-refractivity contribution in [2.75, 3.05) is 26.2 Å². The van der Waals surface area contributed by atoms with Crippen LogP contribution >= 0.6 is 0 Å². The maximum Gasteiger partial charge on any atom is 0.221 e. The number of hydrogen-bond acceptors (Lipinski definition) is 3. The van der Waals surface area contributed by atoms with Crippen LogP contribution in [0.15, 0.2) is 24.3 Å². The van der Waals surface area contributed by atoms with Gasteiger partial charge in [0, 0.05) is 50.2 Å². The van der Waals surface area contributed by atoms with Crippen molar-refractivity contribution in [1.82, 2.24) is 15.1 Å². The molecule has 1 aromatic rings. The highest BCUT2D eigenvalue weighted by atomic mass is 19.1. The summed E-state index contributed by atoms with van der Waals surface area (Å²) < 4.78 is 13.5. The third-order valence-electron chi connectivity index (χ3n) is 5.35. The number of nitrogens with one attached hydrogen (secondary N) is 1. The van der Waals surface area contributed by atoms with Crippen LogP contribution in [0.5, 0.6) is 0 Å². The Kier molecular flexibility index (Phi) is 5.85. The Morgan fingerprint density at radius 1 is 1.29 bits per heavy atom. The van der Waals surface area contributed by atoms with Crippen molar-refractivity contribution in [2.24, 2.45) is 0 Å². The maximum absolute atomic E-state index is 13.5. The first-order valence-electron chi connectivity index (χ1n) is 9.11. The molecule has 24 heavy (non-hydrogen) atoms. The standard InChI is InChI=1S/C19H28FN3O/c1-15-6-4-5-10-23(15)17-13-22(14-17)11-9-19(24)21-12-16-7-2-3-8-18(16)20/h2-3,7-8,15,17H,4-6,9-14H2,1H3,(H,21,24)/t15-/m0/s1. The van der Waals surface area contributed by atoms with Gasteiger partial charge in [-0.1, -0.05) is 24.6 Å². The van der Waals surface area contributed by atoms with Gasteiger partial charge in [-0.05, 0) is 32.4 Å². The lowest BCUT2D eigenvalue weighted by Gasteiger charge is -2.49. The second-order valence-electron chi connectivity index (χ2n) is 7.11. The summed E-state index contributed by atoms with van der Waals surface area (Å²) in [6.07, 6.45) is 4.47. The molecular weight excluding hydrogens is 305 g/mol. The molecule has 1 amide bonds. The Labute approximate surface area is 144 Å². The zero-order chi connectivity index (χ0) is 16.9. The maximum atomic E-state index is 13.5. The molecule has 1 atom stereocenters. The van der Waals surface area contributed by atoms with Crippen molar-refractivity contribution < 1.29 is 9.18 Å². The van der Waals surface area contributed by atoms with Gasteiger partial charge in [0.2, 0.25) is 5.91 Å². The van der Waals surface area contributed by atoms with Crippen LogP contribution in [0.25, 0.3) is 0 Å². The van der Waals surface area contributed by atoms with E-state index in [0.717, 1.165) is 19.6 Å². The predicted molar refractivity (Wildman–Crippen MR) is 93.1 cm³/mol. The van der Waals surface area contributed by atoms with Crippen LogP contribution in [0.2, 0.25) is 0 Å². The van der Waals surface area contributed by atoms with Gasteiger partial charge >= 0.3 is 0 Å². The van der Waals surface area contributed by atoms with Crippen molar-refractivity contribution in [2.45, 2.75) is 51.2 Å². The Balaban J connectivity index is 1.32. The lowest BCUT2D eigenvalue weighted by Crippen LogP contribution is -2.62. The van der Waals surface area contributed by atoms with E-state index in [9.17, 15) is 9.18 Å². The average Bonchev–Trinajstić information content (AvgIpc) is 2.54. The molecule has 0 unspecified atom stereocenters. The van der Waals surface area contributed by atoms with Crippen molar-refractivity contribution in [3.8, 4) is 0 Å². The SMILES string of the molecule is C[C@H]1CCCCN1C1CN(CCC(=O)NCc2ccccc2F)C1. The molecule has 1 aromatic carbocycles. The molecule has 0 spiro atoms. The first-order valence-corrected chi connectivity index (χ1v) is 9.11. The van der Waals surface area contributed by atoms with Gasteiger partial charge in [-0.3, -0.25) is 14.6 Å². The number of rotatable bonds is 6. The normalized spacial score (nSPS) is 23.0. The highest BCUT2D eigenvalue weighted by molar-refractivity contribution is 5.76. The summed E-state index contributed by atoms with van der Waals surface area (Å²) in [4.78, 5) is 16.9. The molecular formula is C19H28FN3O. The lowest BCUT2D eigenvalue weighted by molar-refractivity contribution is -0.122. The van der Waals surface area contributed by atoms with Crippen LogP contribution in [-0.2, 0) is 11.3 Å². The quantitative estimate of drug-likeness (QED) is 0.868. The van der Waals surface area contributed by atoms with Crippen LogP contribution < -0.4 is 5.32 Å². The third kappa shape index (κ3) is 4.33. The minimum Gasteiger partial charge on any atom is -0.352 e. The Morgan fingerprint density at radius 3 is 2.83 bits per heavy atom. The second kappa shape index (κ2) is 8.08. The van der Waals surface area contributed by atoms with E-state index in [0.29, 0.717) is 24.1 Å². The van der Waals surface area contributed by atoms with E-state index in [4.69, 9.17) is 0 Å². The summed E-state index contributed by atoms with van der Waals surface area (Å²) >= 11 is 0. The van der Waals surface area contributed by atoms with E-state index in [2.05, 4.69) is 22.0 Å². The van der Waals surface area contributed by atoms with Crippen LogP contribution in [-0.4, -0.2) is 54.0 Å². The summed E-state index contributed by atoms with van der Waals surface area (Å²) in [5, 5.41) is 2.81. The zero-order valence-electron chi connectivity index (χ0n) is 14.5. The molecule has 2 heterocycles. The molecule has 2 aliphatic rings. The van der Waals surface area contributed by atoms with Gasteiger partial charge in [-0.25, -0.2) is 4.39 Å². The van der Waals surface area contributed by atoms with Gasteiger partial charge in [0.15, 0.2) is 0 Å². The van der Waals surface area contributed by atoms with Gasteiger partial charge in [0.1, 0.15) is 5.82 Å². The number of piperidine rings is 1. The van der Waals surface area contributed by atoms with E-state index in [1.54, 1.807) is 18.2 Å². The number of likely N-dealkylation sites (tertiary alicyclic amines) is 2. The minimum absolute atomic E-state index is 0.00644. The molecule has 2 fully saturated rings. The van der Waals surface area contributed by atoms with Crippen LogP contribution in [0.1, 0.15) is 38.2 Å². The van der Waals surface area contributed by atoms with E-state index >= 15 is 0 Å². The van der Waals surface area contributed by atoms with Crippen LogP contribution in [0.3, 0.4) is 0 Å². The molecule has 1 N–H and O–H groups in total. The first kappa shape index (κ1) is 17.4. The fourth-order valence-electron chi connectivity index (χ4n) is 3.78. The van der Waals surface area contributed by atoms with Crippen molar-refractivity contribution >= 4 is 5.91 Å². The summed E-state index contributed by atoms with van der Waals surface area (Å²) in [6, 6.07) is 7.94. The minimum atomic E-state index is -0.265. The molecule has 0 radical (unpaired) electrons. The number of amides is 1. The average molecular weight is 333 g/mol. The molecule has 5 heteroatoms. The third-order valence-corrected chi connectivity index (χ3v) is 5.35. The van der Waals surface area contributed by atoms with Crippen LogP contribution in [0, 0.1) is 5.82 Å². The van der Waals surface area contributed by atoms with E-state index < -0.39 is 0 Å². The second-order valence-corrected chi connectivity index (χ2v) is 7.11. The van der Waals surface area contributed by atoms with Crippen molar-refractivity contribution in [3.63, 3.8) is 0 Å².